The van der Waals surface area contributed by atoms with Crippen LogP contribution in [-0.4, -0.2) is 23.5 Å². The topological polar surface area (TPSA) is 66.4 Å². The minimum Gasteiger partial charge on any atom is -0.481 e. The van der Waals surface area contributed by atoms with Gasteiger partial charge in [0.2, 0.25) is 5.91 Å². The molecule has 108 valence electrons. The van der Waals surface area contributed by atoms with E-state index < -0.39 is 11.9 Å². The van der Waals surface area contributed by atoms with Crippen molar-refractivity contribution in [3.8, 4) is 0 Å². The fraction of sp³-hybridized carbons (Fsp3) is 0.857. The number of carboxylic acid groups (broad SMARTS) is 1. The highest BCUT2D eigenvalue weighted by Crippen LogP contribution is 2.03. The number of aliphatic carboxylic acids is 1. The van der Waals surface area contributed by atoms with E-state index in [0.717, 1.165) is 12.8 Å². The average Bonchev–Trinajstić information content (AvgIpc) is 2.35. The van der Waals surface area contributed by atoms with Crippen molar-refractivity contribution < 1.29 is 14.7 Å². The summed E-state index contributed by atoms with van der Waals surface area (Å²) in [6.45, 7) is 8.46. The largest absolute Gasteiger partial charge is 0.481 e. The highest BCUT2D eigenvalue weighted by Gasteiger charge is 2.15. The van der Waals surface area contributed by atoms with Crippen LogP contribution in [-0.2, 0) is 9.59 Å². The van der Waals surface area contributed by atoms with Gasteiger partial charge in [-0.05, 0) is 6.42 Å². The Kier molecular flexibility index (Phi) is 15.0. The van der Waals surface area contributed by atoms with E-state index in [0.29, 0.717) is 6.54 Å². The van der Waals surface area contributed by atoms with E-state index in [1.54, 1.807) is 6.92 Å². The summed E-state index contributed by atoms with van der Waals surface area (Å²) in [4.78, 5) is 21.8. The SMILES string of the molecule is CC.CCCCCCCNC(=O)C(C)CC(=O)O. The van der Waals surface area contributed by atoms with Crippen molar-refractivity contribution in [2.24, 2.45) is 5.92 Å². The summed E-state index contributed by atoms with van der Waals surface area (Å²) in [5.74, 6) is -1.52. The Morgan fingerprint density at radius 1 is 1.11 bits per heavy atom. The van der Waals surface area contributed by atoms with Crippen LogP contribution in [0.15, 0.2) is 0 Å². The van der Waals surface area contributed by atoms with Crippen molar-refractivity contribution in [2.45, 2.75) is 66.2 Å². The second kappa shape index (κ2) is 14.0. The van der Waals surface area contributed by atoms with E-state index in [4.69, 9.17) is 5.11 Å². The summed E-state index contributed by atoms with van der Waals surface area (Å²) < 4.78 is 0. The predicted octanol–water partition coefficient (Wildman–Crippen LogP) is 3.21. The van der Waals surface area contributed by atoms with Gasteiger partial charge in [-0.15, -0.1) is 0 Å². The molecule has 2 N–H and O–H groups in total. The van der Waals surface area contributed by atoms with E-state index in [-0.39, 0.29) is 12.3 Å². The molecule has 4 heteroatoms. The van der Waals surface area contributed by atoms with Crippen LogP contribution in [0, 0.1) is 5.92 Å². The molecule has 1 amide bonds. The number of nitrogens with one attached hydrogen (secondary N) is 1. The number of carbonyl (C=O) groups excluding carboxylic acids is 1. The van der Waals surface area contributed by atoms with E-state index in [1.165, 1.54) is 19.3 Å². The molecule has 0 aromatic heterocycles. The first-order valence-corrected chi connectivity index (χ1v) is 7.07. The minimum atomic E-state index is -0.925. The molecule has 1 unspecified atom stereocenters. The van der Waals surface area contributed by atoms with Gasteiger partial charge in [0.1, 0.15) is 0 Å². The van der Waals surface area contributed by atoms with Gasteiger partial charge in [0, 0.05) is 12.5 Å². The molecule has 0 saturated carbocycles. The fourth-order valence-electron chi connectivity index (χ4n) is 1.47. The van der Waals surface area contributed by atoms with Crippen LogP contribution in [0.25, 0.3) is 0 Å². The molecule has 0 aliphatic rings. The first kappa shape index (κ1) is 19.3. The molecular weight excluding hydrogens is 230 g/mol. The number of carbonyl (C=O) groups is 2. The Hall–Kier alpha value is -1.06. The molecule has 0 radical (unpaired) electrons. The van der Waals surface area contributed by atoms with Crippen LogP contribution in [0.1, 0.15) is 66.2 Å². The number of hydrogen-bond acceptors (Lipinski definition) is 2. The summed E-state index contributed by atoms with van der Waals surface area (Å²) in [7, 11) is 0. The summed E-state index contributed by atoms with van der Waals surface area (Å²) >= 11 is 0. The summed E-state index contributed by atoms with van der Waals surface area (Å²) in [5, 5.41) is 11.3. The van der Waals surface area contributed by atoms with Crippen molar-refractivity contribution in [1.82, 2.24) is 5.32 Å². The Morgan fingerprint density at radius 3 is 2.17 bits per heavy atom. The third-order valence-electron chi connectivity index (χ3n) is 2.51. The molecule has 0 saturated heterocycles. The second-order valence-electron chi connectivity index (χ2n) is 4.20. The highest BCUT2D eigenvalue weighted by molar-refractivity contribution is 5.82. The zero-order valence-corrected chi connectivity index (χ0v) is 12.3. The van der Waals surface area contributed by atoms with Gasteiger partial charge >= 0.3 is 5.97 Å². The normalized spacial score (nSPS) is 11.1. The number of rotatable bonds is 9. The second-order valence-corrected chi connectivity index (χ2v) is 4.20. The molecule has 0 aromatic rings. The lowest BCUT2D eigenvalue weighted by atomic mass is 10.1. The summed E-state index contributed by atoms with van der Waals surface area (Å²) in [6.07, 6.45) is 5.66. The molecule has 1 atom stereocenters. The monoisotopic (exact) mass is 259 g/mol. The molecular formula is C14H29NO3. The smallest absolute Gasteiger partial charge is 0.304 e. The van der Waals surface area contributed by atoms with E-state index in [9.17, 15) is 9.59 Å². The first-order valence-electron chi connectivity index (χ1n) is 7.07. The lowest BCUT2D eigenvalue weighted by Crippen LogP contribution is -2.31. The highest BCUT2D eigenvalue weighted by atomic mass is 16.4. The maximum absolute atomic E-state index is 11.4. The molecule has 0 aromatic carbocycles. The number of carboxylic acids is 1. The Labute approximate surface area is 111 Å². The summed E-state index contributed by atoms with van der Waals surface area (Å²) in [5.41, 5.74) is 0. The van der Waals surface area contributed by atoms with Crippen molar-refractivity contribution >= 4 is 11.9 Å². The van der Waals surface area contributed by atoms with Gasteiger partial charge in [-0.25, -0.2) is 0 Å². The predicted molar refractivity (Wildman–Crippen MR) is 74.5 cm³/mol. The van der Waals surface area contributed by atoms with Crippen LogP contribution in [0.3, 0.4) is 0 Å². The van der Waals surface area contributed by atoms with Crippen molar-refractivity contribution in [1.29, 1.82) is 0 Å². The lowest BCUT2D eigenvalue weighted by molar-refractivity contribution is -0.140. The van der Waals surface area contributed by atoms with Crippen molar-refractivity contribution in [2.75, 3.05) is 6.54 Å². The number of hydrogen-bond donors (Lipinski definition) is 2. The quantitative estimate of drug-likeness (QED) is 0.625. The molecule has 0 aliphatic carbocycles. The van der Waals surface area contributed by atoms with E-state index >= 15 is 0 Å². The van der Waals surface area contributed by atoms with Gasteiger partial charge in [-0.1, -0.05) is 53.4 Å². The summed E-state index contributed by atoms with van der Waals surface area (Å²) in [6, 6.07) is 0. The van der Waals surface area contributed by atoms with Crippen molar-refractivity contribution in [3.05, 3.63) is 0 Å². The molecule has 0 fully saturated rings. The molecule has 0 aliphatic heterocycles. The lowest BCUT2D eigenvalue weighted by Gasteiger charge is -2.09. The Bertz CT molecular complexity index is 217. The fourth-order valence-corrected chi connectivity index (χ4v) is 1.47. The average molecular weight is 259 g/mol. The molecule has 0 rings (SSSR count). The Morgan fingerprint density at radius 2 is 1.67 bits per heavy atom. The van der Waals surface area contributed by atoms with Crippen LogP contribution in [0.5, 0.6) is 0 Å². The third kappa shape index (κ3) is 13.0. The van der Waals surface area contributed by atoms with Gasteiger partial charge in [0.05, 0.1) is 6.42 Å². The molecule has 18 heavy (non-hydrogen) atoms. The van der Waals surface area contributed by atoms with Gasteiger partial charge in [0.25, 0.3) is 0 Å². The van der Waals surface area contributed by atoms with Gasteiger partial charge in [-0.2, -0.15) is 0 Å². The van der Waals surface area contributed by atoms with E-state index in [1.807, 2.05) is 13.8 Å². The Balaban J connectivity index is 0. The maximum atomic E-state index is 11.4. The van der Waals surface area contributed by atoms with Crippen LogP contribution < -0.4 is 5.32 Å². The first-order chi connectivity index (χ1) is 8.57. The van der Waals surface area contributed by atoms with Crippen LogP contribution in [0.2, 0.25) is 0 Å². The van der Waals surface area contributed by atoms with Gasteiger partial charge in [0.15, 0.2) is 0 Å². The van der Waals surface area contributed by atoms with E-state index in [2.05, 4.69) is 12.2 Å². The molecule has 0 spiro atoms. The van der Waals surface area contributed by atoms with Gasteiger partial charge < -0.3 is 10.4 Å². The number of amides is 1. The maximum Gasteiger partial charge on any atom is 0.304 e. The third-order valence-corrected chi connectivity index (χ3v) is 2.51. The molecule has 0 bridgehead atoms. The molecule has 4 nitrogen and oxygen atoms in total. The minimum absolute atomic E-state index is 0.0956. The zero-order chi connectivity index (χ0) is 14.4. The molecule has 0 heterocycles. The van der Waals surface area contributed by atoms with Crippen LogP contribution >= 0.6 is 0 Å². The van der Waals surface area contributed by atoms with Crippen LogP contribution in [0.4, 0.5) is 0 Å². The van der Waals surface area contributed by atoms with Crippen molar-refractivity contribution in [3.63, 3.8) is 0 Å². The standard InChI is InChI=1S/C12H23NO3.C2H6/c1-3-4-5-6-7-8-13-12(16)10(2)9-11(14)15;1-2/h10H,3-9H2,1-2H3,(H,13,16)(H,14,15);1-2H3. The number of unbranched alkanes of at least 4 members (excludes halogenated alkanes) is 4. The van der Waals surface area contributed by atoms with Gasteiger partial charge in [-0.3, -0.25) is 9.59 Å². The zero-order valence-electron chi connectivity index (χ0n) is 12.3.